The van der Waals surface area contributed by atoms with Crippen LogP contribution in [0.4, 0.5) is 0 Å². The maximum Gasteiger partial charge on any atom is 0.191 e. The summed E-state index contributed by atoms with van der Waals surface area (Å²) < 4.78 is 7.14. The predicted molar refractivity (Wildman–Crippen MR) is 98.4 cm³/mol. The molecule has 2 aromatic carbocycles. The first-order chi connectivity index (χ1) is 12.2. The Morgan fingerprint density at radius 1 is 1.08 bits per heavy atom. The number of rotatable bonds is 7. The first-order valence-electron chi connectivity index (χ1n) is 7.91. The zero-order valence-corrected chi connectivity index (χ0v) is 15.0. The molecule has 3 aromatic rings. The number of aromatic nitrogens is 3. The minimum atomic E-state index is 0.0552. The highest BCUT2D eigenvalue weighted by Crippen LogP contribution is 2.20. The van der Waals surface area contributed by atoms with E-state index < -0.39 is 0 Å². The molecule has 128 valence electrons. The summed E-state index contributed by atoms with van der Waals surface area (Å²) in [5, 5.41) is 9.11. The molecule has 0 fully saturated rings. The van der Waals surface area contributed by atoms with E-state index in [1.165, 1.54) is 17.3 Å². The number of methoxy groups -OCH3 is 1. The number of benzene rings is 2. The number of hydrogen-bond acceptors (Lipinski definition) is 5. The molecule has 0 bridgehead atoms. The monoisotopic (exact) mass is 353 g/mol. The molecule has 0 spiro atoms. The molecule has 1 aromatic heterocycles. The van der Waals surface area contributed by atoms with E-state index in [1.807, 2.05) is 29.7 Å². The Kier molecular flexibility index (Phi) is 5.50. The Bertz CT molecular complexity index is 845. The van der Waals surface area contributed by atoms with Crippen molar-refractivity contribution in [2.75, 3.05) is 12.9 Å². The summed E-state index contributed by atoms with van der Waals surface area (Å²) in [7, 11) is 1.61. The number of hydrogen-bond donors (Lipinski definition) is 0. The van der Waals surface area contributed by atoms with Crippen molar-refractivity contribution in [2.24, 2.45) is 0 Å². The molecule has 0 unspecified atom stereocenters. The van der Waals surface area contributed by atoms with Gasteiger partial charge in [-0.3, -0.25) is 4.79 Å². The van der Waals surface area contributed by atoms with Crippen molar-refractivity contribution in [1.82, 2.24) is 14.8 Å². The van der Waals surface area contributed by atoms with Gasteiger partial charge in [-0.15, -0.1) is 10.2 Å². The molecule has 6 heteroatoms. The third-order valence-corrected chi connectivity index (χ3v) is 4.80. The molecular formula is C19H19N3O2S. The second-order valence-corrected chi connectivity index (χ2v) is 6.48. The molecule has 5 nitrogen and oxygen atoms in total. The molecule has 0 atom stereocenters. The summed E-state index contributed by atoms with van der Waals surface area (Å²) in [5.74, 6) is 1.95. The van der Waals surface area contributed by atoms with Gasteiger partial charge >= 0.3 is 0 Å². The Morgan fingerprint density at radius 3 is 2.48 bits per heavy atom. The van der Waals surface area contributed by atoms with Gasteiger partial charge in [-0.25, -0.2) is 0 Å². The lowest BCUT2D eigenvalue weighted by atomic mass is 10.1. The van der Waals surface area contributed by atoms with Gasteiger partial charge in [0.25, 0.3) is 0 Å². The lowest BCUT2D eigenvalue weighted by Crippen LogP contribution is -2.07. The summed E-state index contributed by atoms with van der Waals surface area (Å²) in [4.78, 5) is 12.4. The lowest BCUT2D eigenvalue weighted by Gasteiger charge is -2.08. The van der Waals surface area contributed by atoms with Crippen LogP contribution in [0.15, 0.2) is 59.8 Å². The number of carbonyl (C=O) groups is 1. The van der Waals surface area contributed by atoms with Gasteiger partial charge in [0.2, 0.25) is 0 Å². The number of aryl methyl sites for hydroxylation is 1. The zero-order chi connectivity index (χ0) is 17.6. The van der Waals surface area contributed by atoms with Crippen molar-refractivity contribution in [2.45, 2.75) is 18.6 Å². The van der Waals surface area contributed by atoms with Crippen LogP contribution in [0.3, 0.4) is 0 Å². The average molecular weight is 353 g/mol. The van der Waals surface area contributed by atoms with Crippen molar-refractivity contribution in [3.63, 3.8) is 0 Å². The maximum absolute atomic E-state index is 12.4. The topological polar surface area (TPSA) is 57.0 Å². The fraction of sp³-hybridized carbons (Fsp3) is 0.211. The normalized spacial score (nSPS) is 10.6. The number of thioether (sulfide) groups is 1. The predicted octanol–water partition coefficient (Wildman–Crippen LogP) is 3.62. The van der Waals surface area contributed by atoms with E-state index in [4.69, 9.17) is 4.74 Å². The molecule has 0 saturated carbocycles. The van der Waals surface area contributed by atoms with Gasteiger partial charge < -0.3 is 9.30 Å². The molecule has 0 radical (unpaired) electrons. The summed E-state index contributed by atoms with van der Waals surface area (Å²) in [5.41, 5.74) is 1.84. The van der Waals surface area contributed by atoms with Crippen LogP contribution < -0.4 is 4.74 Å². The van der Waals surface area contributed by atoms with Crippen molar-refractivity contribution in [3.05, 3.63) is 71.5 Å². The molecule has 3 rings (SSSR count). The largest absolute Gasteiger partial charge is 0.497 e. The standard InChI is InChI=1S/C19H19N3O2S/c1-14-20-21-19(22(14)12-15-6-4-3-5-7-15)25-13-18(23)16-8-10-17(24-2)11-9-16/h3-11H,12-13H2,1-2H3. The second-order valence-electron chi connectivity index (χ2n) is 5.54. The summed E-state index contributed by atoms with van der Waals surface area (Å²) in [6.45, 7) is 2.62. The van der Waals surface area contributed by atoms with Crippen LogP contribution in [0.25, 0.3) is 0 Å². The summed E-state index contributed by atoms with van der Waals surface area (Å²) >= 11 is 1.41. The zero-order valence-electron chi connectivity index (χ0n) is 14.2. The number of carbonyl (C=O) groups excluding carboxylic acids is 1. The smallest absolute Gasteiger partial charge is 0.191 e. The van der Waals surface area contributed by atoms with Gasteiger partial charge in [0.05, 0.1) is 19.4 Å². The minimum absolute atomic E-state index is 0.0552. The van der Waals surface area contributed by atoms with Gasteiger partial charge in [0.1, 0.15) is 11.6 Å². The van der Waals surface area contributed by atoms with Crippen molar-refractivity contribution >= 4 is 17.5 Å². The fourth-order valence-corrected chi connectivity index (χ4v) is 3.28. The van der Waals surface area contributed by atoms with Crippen molar-refractivity contribution in [3.8, 4) is 5.75 Å². The second kappa shape index (κ2) is 7.98. The Hall–Kier alpha value is -2.60. The first kappa shape index (κ1) is 17.2. The highest BCUT2D eigenvalue weighted by atomic mass is 32.2. The highest BCUT2D eigenvalue weighted by molar-refractivity contribution is 7.99. The molecule has 25 heavy (non-hydrogen) atoms. The lowest BCUT2D eigenvalue weighted by molar-refractivity contribution is 0.102. The Morgan fingerprint density at radius 2 is 1.80 bits per heavy atom. The van der Waals surface area contributed by atoms with E-state index in [9.17, 15) is 4.79 Å². The van der Waals surface area contributed by atoms with E-state index in [1.54, 1.807) is 31.4 Å². The van der Waals surface area contributed by atoms with Crippen LogP contribution in [-0.2, 0) is 6.54 Å². The highest BCUT2D eigenvalue weighted by Gasteiger charge is 2.13. The van der Waals surface area contributed by atoms with Crippen molar-refractivity contribution < 1.29 is 9.53 Å². The van der Waals surface area contributed by atoms with Gasteiger partial charge in [0, 0.05) is 5.56 Å². The quantitative estimate of drug-likeness (QED) is 0.480. The fourth-order valence-electron chi connectivity index (χ4n) is 2.41. The molecule has 0 saturated heterocycles. The van der Waals surface area contributed by atoms with Crippen LogP contribution in [0.2, 0.25) is 0 Å². The first-order valence-corrected chi connectivity index (χ1v) is 8.89. The molecular weight excluding hydrogens is 334 g/mol. The molecule has 0 aliphatic carbocycles. The van der Waals surface area contributed by atoms with E-state index in [0.29, 0.717) is 17.9 Å². The van der Waals surface area contributed by atoms with Gasteiger partial charge in [-0.05, 0) is 36.8 Å². The van der Waals surface area contributed by atoms with Crippen LogP contribution in [0.5, 0.6) is 5.75 Å². The van der Waals surface area contributed by atoms with Gasteiger partial charge in [-0.2, -0.15) is 0 Å². The Balaban J connectivity index is 1.67. The third kappa shape index (κ3) is 4.28. The van der Waals surface area contributed by atoms with E-state index in [0.717, 1.165) is 16.7 Å². The molecule has 1 heterocycles. The van der Waals surface area contributed by atoms with Crippen LogP contribution in [0, 0.1) is 6.92 Å². The van der Waals surface area contributed by atoms with Gasteiger partial charge in [0.15, 0.2) is 10.9 Å². The van der Waals surface area contributed by atoms with Crippen LogP contribution >= 0.6 is 11.8 Å². The maximum atomic E-state index is 12.4. The van der Waals surface area contributed by atoms with E-state index in [-0.39, 0.29) is 5.78 Å². The van der Waals surface area contributed by atoms with Gasteiger partial charge in [-0.1, -0.05) is 42.1 Å². The summed E-state index contributed by atoms with van der Waals surface area (Å²) in [6, 6.07) is 17.3. The van der Waals surface area contributed by atoms with Crippen LogP contribution in [0.1, 0.15) is 21.7 Å². The van der Waals surface area contributed by atoms with Crippen LogP contribution in [-0.4, -0.2) is 33.4 Å². The average Bonchev–Trinajstić information content (AvgIpc) is 3.00. The van der Waals surface area contributed by atoms with E-state index in [2.05, 4.69) is 22.3 Å². The van der Waals surface area contributed by atoms with Crippen molar-refractivity contribution in [1.29, 1.82) is 0 Å². The molecule has 0 aliphatic rings. The molecule has 0 aliphatic heterocycles. The summed E-state index contributed by atoms with van der Waals surface area (Å²) in [6.07, 6.45) is 0. The molecule has 0 amide bonds. The molecule has 0 N–H and O–H groups in total. The SMILES string of the molecule is COc1ccc(C(=O)CSc2nnc(C)n2Cc2ccccc2)cc1. The third-order valence-electron chi connectivity index (χ3n) is 3.83. The number of ketones is 1. The number of Topliss-reactive ketones (excluding diaryl/α,β-unsaturated/α-hetero) is 1. The number of nitrogens with zero attached hydrogens (tertiary/aromatic N) is 3. The Labute approximate surface area is 151 Å². The minimum Gasteiger partial charge on any atom is -0.497 e. The number of ether oxygens (including phenoxy) is 1. The van der Waals surface area contributed by atoms with E-state index >= 15 is 0 Å².